The lowest BCUT2D eigenvalue weighted by atomic mass is 10.2. The molecular weight excluding hydrogens is 390 g/mol. The molecule has 162 valence electrons. The van der Waals surface area contributed by atoms with E-state index < -0.39 is 59.4 Å². The summed E-state index contributed by atoms with van der Waals surface area (Å²) < 4.78 is 21.0. The van der Waals surface area contributed by atoms with Gasteiger partial charge in [0, 0.05) is 12.8 Å². The molecule has 2 saturated heterocycles. The third-order valence-electron chi connectivity index (χ3n) is 3.78. The highest BCUT2D eigenvalue weighted by Gasteiger charge is 2.52. The Kier molecular flexibility index (Phi) is 6.33. The maximum absolute atomic E-state index is 12.5. The Labute approximate surface area is 167 Å². The largest absolute Gasteiger partial charge is 0.457 e. The molecule has 0 bridgehead atoms. The van der Waals surface area contributed by atoms with E-state index in [2.05, 4.69) is 0 Å². The summed E-state index contributed by atoms with van der Waals surface area (Å²) in [5.41, 5.74) is -0.784. The normalized spacial score (nSPS) is 25.0. The van der Waals surface area contributed by atoms with Crippen LogP contribution in [0, 0.1) is 0 Å². The minimum atomic E-state index is -1.61. The van der Waals surface area contributed by atoms with Crippen molar-refractivity contribution >= 4 is 29.7 Å². The third kappa shape index (κ3) is 5.73. The molecular formula is C18H25NO10. The molecule has 29 heavy (non-hydrogen) atoms. The minimum absolute atomic E-state index is 0.0848. The van der Waals surface area contributed by atoms with Crippen LogP contribution >= 0.6 is 0 Å². The Morgan fingerprint density at radius 2 is 1.52 bits per heavy atom. The molecule has 11 nitrogen and oxygen atoms in total. The lowest BCUT2D eigenvalue weighted by Gasteiger charge is -2.23. The summed E-state index contributed by atoms with van der Waals surface area (Å²) in [6, 6.07) is 0. The summed E-state index contributed by atoms with van der Waals surface area (Å²) in [6.45, 7) is 9.17. The van der Waals surface area contributed by atoms with Crippen LogP contribution in [-0.4, -0.2) is 64.5 Å². The number of rotatable bonds is 5. The maximum atomic E-state index is 12.5. The zero-order valence-corrected chi connectivity index (χ0v) is 17.2. The van der Waals surface area contributed by atoms with Crippen LogP contribution in [0.25, 0.3) is 0 Å². The Hall–Kier alpha value is -2.53. The Morgan fingerprint density at radius 1 is 1.03 bits per heavy atom. The number of hydrogen-bond donors (Lipinski definition) is 0. The molecule has 0 N–H and O–H groups in total. The molecule has 2 fully saturated rings. The first-order chi connectivity index (χ1) is 13.2. The third-order valence-corrected chi connectivity index (χ3v) is 3.78. The molecule has 0 saturated carbocycles. The lowest BCUT2D eigenvalue weighted by molar-refractivity contribution is -0.208. The van der Waals surface area contributed by atoms with Gasteiger partial charge in [0.1, 0.15) is 5.60 Å². The smallest absolute Gasteiger partial charge is 0.365 e. The second kappa shape index (κ2) is 8.07. The summed E-state index contributed by atoms with van der Waals surface area (Å²) in [5.74, 6) is -5.74. The predicted molar refractivity (Wildman–Crippen MR) is 92.4 cm³/mol. The highest BCUT2D eigenvalue weighted by molar-refractivity contribution is 6.02. The summed E-state index contributed by atoms with van der Waals surface area (Å²) in [6.07, 6.45) is -4.62. The highest BCUT2D eigenvalue weighted by atomic mass is 16.8. The van der Waals surface area contributed by atoms with Crippen molar-refractivity contribution in [3.05, 3.63) is 0 Å². The second-order valence-electron chi connectivity index (χ2n) is 8.08. The molecule has 1 unspecified atom stereocenters. The standard InChI is InChI=1S/C18H25NO10/c1-9(14(22)28-17(2,3)4)25-15(23)12-13(27-18(5,6)26-12)16(24)29-19-10(20)7-8-11(19)21/h9,12-13H,7-8H2,1-6H3/t9?,12-,13-/m1/s1. The van der Waals surface area contributed by atoms with Gasteiger partial charge in [0.15, 0.2) is 24.1 Å². The lowest BCUT2D eigenvalue weighted by Crippen LogP contribution is -2.45. The van der Waals surface area contributed by atoms with Gasteiger partial charge >= 0.3 is 17.9 Å². The molecule has 0 aromatic heterocycles. The van der Waals surface area contributed by atoms with E-state index in [1.807, 2.05) is 0 Å². The second-order valence-corrected chi connectivity index (χ2v) is 8.08. The molecule has 11 heteroatoms. The number of carbonyl (C=O) groups is 5. The Bertz CT molecular complexity index is 707. The van der Waals surface area contributed by atoms with Gasteiger partial charge in [-0.1, -0.05) is 0 Å². The van der Waals surface area contributed by atoms with Crippen molar-refractivity contribution in [2.75, 3.05) is 0 Å². The molecule has 3 atom stereocenters. The van der Waals surface area contributed by atoms with Gasteiger partial charge in [-0.2, -0.15) is 0 Å². The number of amides is 2. The van der Waals surface area contributed by atoms with Crippen molar-refractivity contribution in [1.29, 1.82) is 0 Å². The molecule has 0 aromatic rings. The molecule has 2 heterocycles. The van der Waals surface area contributed by atoms with Crippen molar-refractivity contribution in [2.45, 2.75) is 84.1 Å². The van der Waals surface area contributed by atoms with Crippen molar-refractivity contribution < 1.29 is 47.8 Å². The number of esters is 2. The first kappa shape index (κ1) is 22.8. The minimum Gasteiger partial charge on any atom is -0.457 e. The van der Waals surface area contributed by atoms with E-state index in [0.717, 1.165) is 0 Å². The molecule has 2 aliphatic rings. The molecule has 0 spiro atoms. The Morgan fingerprint density at radius 3 is 2.00 bits per heavy atom. The van der Waals surface area contributed by atoms with E-state index in [4.69, 9.17) is 23.8 Å². The molecule has 2 rings (SSSR count). The van der Waals surface area contributed by atoms with Crippen LogP contribution in [0.2, 0.25) is 0 Å². The van der Waals surface area contributed by atoms with Gasteiger partial charge in [-0.3, -0.25) is 9.59 Å². The fourth-order valence-corrected chi connectivity index (χ4v) is 2.58. The van der Waals surface area contributed by atoms with Crippen LogP contribution in [0.15, 0.2) is 0 Å². The quantitative estimate of drug-likeness (QED) is 0.458. The van der Waals surface area contributed by atoms with Crippen LogP contribution in [0.4, 0.5) is 0 Å². The van der Waals surface area contributed by atoms with Crippen LogP contribution < -0.4 is 0 Å². The van der Waals surface area contributed by atoms with Gasteiger partial charge in [0.2, 0.25) is 0 Å². The first-order valence-electron chi connectivity index (χ1n) is 9.07. The SMILES string of the molecule is CC(OC(=O)[C@@H]1OC(C)(C)O[C@H]1C(=O)ON1C(=O)CCC1=O)C(=O)OC(C)(C)C. The number of carbonyl (C=O) groups excluding carboxylic acids is 5. The summed E-state index contributed by atoms with van der Waals surface area (Å²) in [4.78, 5) is 65.0. The fourth-order valence-electron chi connectivity index (χ4n) is 2.58. The fraction of sp³-hybridized carbons (Fsp3) is 0.722. The topological polar surface area (TPSA) is 135 Å². The van der Waals surface area contributed by atoms with Crippen LogP contribution in [-0.2, 0) is 47.8 Å². The van der Waals surface area contributed by atoms with Crippen LogP contribution in [0.5, 0.6) is 0 Å². The molecule has 0 aromatic carbocycles. The number of ether oxygens (including phenoxy) is 4. The van der Waals surface area contributed by atoms with E-state index in [1.54, 1.807) is 20.8 Å². The van der Waals surface area contributed by atoms with Crippen molar-refractivity contribution in [1.82, 2.24) is 5.06 Å². The average molecular weight is 415 g/mol. The monoisotopic (exact) mass is 415 g/mol. The van der Waals surface area contributed by atoms with Gasteiger partial charge in [0.05, 0.1) is 0 Å². The van der Waals surface area contributed by atoms with Crippen molar-refractivity contribution in [2.24, 2.45) is 0 Å². The van der Waals surface area contributed by atoms with Gasteiger partial charge in [-0.05, 0) is 41.5 Å². The van der Waals surface area contributed by atoms with Crippen LogP contribution in [0.1, 0.15) is 54.4 Å². The maximum Gasteiger partial charge on any atom is 0.365 e. The number of nitrogens with zero attached hydrogens (tertiary/aromatic N) is 1. The summed E-state index contributed by atoms with van der Waals surface area (Å²) in [5, 5.41) is 0.336. The zero-order valence-electron chi connectivity index (χ0n) is 17.2. The molecule has 0 radical (unpaired) electrons. The number of hydroxylamine groups is 2. The van der Waals surface area contributed by atoms with E-state index in [1.165, 1.54) is 20.8 Å². The number of hydrogen-bond acceptors (Lipinski definition) is 10. The molecule has 0 aliphatic carbocycles. The van der Waals surface area contributed by atoms with E-state index in [-0.39, 0.29) is 12.8 Å². The number of imide groups is 1. The van der Waals surface area contributed by atoms with Crippen molar-refractivity contribution in [3.63, 3.8) is 0 Å². The molecule has 2 amide bonds. The highest BCUT2D eigenvalue weighted by Crippen LogP contribution is 2.30. The van der Waals surface area contributed by atoms with Crippen LogP contribution in [0.3, 0.4) is 0 Å². The van der Waals surface area contributed by atoms with Gasteiger partial charge in [-0.15, -0.1) is 5.06 Å². The summed E-state index contributed by atoms with van der Waals surface area (Å²) in [7, 11) is 0. The average Bonchev–Trinajstić information content (AvgIpc) is 3.06. The Balaban J connectivity index is 2.07. The predicted octanol–water partition coefficient (Wildman–Crippen LogP) is 0.387. The molecule has 2 aliphatic heterocycles. The van der Waals surface area contributed by atoms with Gasteiger partial charge in [-0.25, -0.2) is 14.4 Å². The first-order valence-corrected chi connectivity index (χ1v) is 9.07. The van der Waals surface area contributed by atoms with Crippen molar-refractivity contribution in [3.8, 4) is 0 Å². The van der Waals surface area contributed by atoms with Gasteiger partial charge < -0.3 is 23.8 Å². The van der Waals surface area contributed by atoms with E-state index in [9.17, 15) is 24.0 Å². The zero-order chi connectivity index (χ0) is 22.1. The van der Waals surface area contributed by atoms with E-state index in [0.29, 0.717) is 5.06 Å². The van der Waals surface area contributed by atoms with E-state index >= 15 is 0 Å². The summed E-state index contributed by atoms with van der Waals surface area (Å²) >= 11 is 0. The van der Waals surface area contributed by atoms with Gasteiger partial charge in [0.25, 0.3) is 11.8 Å².